The molecule has 152 valence electrons. The van der Waals surface area contributed by atoms with Crippen LogP contribution in [0.2, 0.25) is 5.15 Å². The molecule has 3 aromatic heterocycles. The number of fused-ring (bicyclic) bond motifs is 1. The van der Waals surface area contributed by atoms with Crippen LogP contribution in [0.25, 0.3) is 10.2 Å². The first-order chi connectivity index (χ1) is 14.4. The number of thiazole rings is 1. The van der Waals surface area contributed by atoms with Crippen LogP contribution in [0, 0.1) is 12.3 Å². The summed E-state index contributed by atoms with van der Waals surface area (Å²) in [7, 11) is 0. The maximum absolute atomic E-state index is 12.9. The van der Waals surface area contributed by atoms with Crippen LogP contribution in [-0.4, -0.2) is 25.5 Å². The molecule has 7 nitrogen and oxygen atoms in total. The lowest BCUT2D eigenvalue weighted by atomic mass is 10.1. The number of nitrogens with zero attached hydrogens (tertiary/aromatic N) is 3. The lowest BCUT2D eigenvalue weighted by Gasteiger charge is -2.15. The molecule has 1 amide bonds. The van der Waals surface area contributed by atoms with Crippen LogP contribution in [0.3, 0.4) is 0 Å². The predicted octanol–water partition coefficient (Wildman–Crippen LogP) is 5.69. The molecule has 0 spiro atoms. The minimum absolute atomic E-state index is 0.150. The Kier molecular flexibility index (Phi) is 6.09. The van der Waals surface area contributed by atoms with Crippen molar-refractivity contribution in [2.75, 3.05) is 10.6 Å². The predicted molar refractivity (Wildman–Crippen MR) is 127 cm³/mol. The van der Waals surface area contributed by atoms with Crippen LogP contribution < -0.4 is 10.6 Å². The number of rotatable bonds is 6. The van der Waals surface area contributed by atoms with E-state index >= 15 is 0 Å². The molecule has 0 saturated heterocycles. The number of aryl methyl sites for hydroxylation is 1. The summed E-state index contributed by atoms with van der Waals surface area (Å²) in [5.41, 5.74) is 3.64. The van der Waals surface area contributed by atoms with Crippen molar-refractivity contribution in [3.05, 3.63) is 62.3 Å². The van der Waals surface area contributed by atoms with Crippen molar-refractivity contribution in [3.8, 4) is 0 Å². The van der Waals surface area contributed by atoms with Crippen molar-refractivity contribution in [2.45, 2.75) is 13.5 Å². The molecule has 3 N–H and O–H groups in total. The Balaban J connectivity index is 1.62. The third-order valence-corrected chi connectivity index (χ3v) is 6.92. The SMILES string of the molecule is Cc1csc(CNc2cccc(NC(=O)c3csc4c(Cl)ncnc34)c2C(=N)Br)n1. The van der Waals surface area contributed by atoms with Crippen molar-refractivity contribution >= 4 is 82.3 Å². The molecule has 0 saturated carbocycles. The molecule has 0 radical (unpaired) electrons. The van der Waals surface area contributed by atoms with Gasteiger partial charge in [0.15, 0.2) is 0 Å². The monoisotopic (exact) mass is 520 g/mol. The average Bonchev–Trinajstić information content (AvgIpc) is 3.33. The molecule has 30 heavy (non-hydrogen) atoms. The first-order valence-electron chi connectivity index (χ1n) is 8.65. The molecular weight excluding hydrogens is 508 g/mol. The summed E-state index contributed by atoms with van der Waals surface area (Å²) >= 11 is 12.2. The zero-order chi connectivity index (χ0) is 21.3. The fourth-order valence-electron chi connectivity index (χ4n) is 2.87. The second kappa shape index (κ2) is 8.76. The lowest BCUT2D eigenvalue weighted by Crippen LogP contribution is -2.15. The largest absolute Gasteiger partial charge is 0.378 e. The van der Waals surface area contributed by atoms with E-state index in [1.165, 1.54) is 17.7 Å². The highest BCUT2D eigenvalue weighted by Crippen LogP contribution is 2.31. The zero-order valence-corrected chi connectivity index (χ0v) is 19.5. The molecule has 11 heteroatoms. The molecule has 0 atom stereocenters. The van der Waals surface area contributed by atoms with Crippen molar-refractivity contribution in [3.63, 3.8) is 0 Å². The lowest BCUT2D eigenvalue weighted by molar-refractivity contribution is 0.102. The van der Waals surface area contributed by atoms with E-state index in [2.05, 4.69) is 41.5 Å². The molecular formula is C19H14BrClN6OS2. The quantitative estimate of drug-likeness (QED) is 0.223. The minimum atomic E-state index is -0.335. The number of aromatic nitrogens is 3. The van der Waals surface area contributed by atoms with Gasteiger partial charge < -0.3 is 10.6 Å². The zero-order valence-electron chi connectivity index (χ0n) is 15.5. The van der Waals surface area contributed by atoms with E-state index in [0.717, 1.165) is 10.7 Å². The van der Waals surface area contributed by atoms with Gasteiger partial charge in [0.2, 0.25) is 0 Å². The van der Waals surface area contributed by atoms with E-state index in [-0.39, 0.29) is 10.5 Å². The Morgan fingerprint density at radius 3 is 2.77 bits per heavy atom. The average molecular weight is 522 g/mol. The fraction of sp³-hybridized carbons (Fsp3) is 0.105. The van der Waals surface area contributed by atoms with Gasteiger partial charge in [-0.3, -0.25) is 10.2 Å². The molecule has 3 heterocycles. The van der Waals surface area contributed by atoms with E-state index in [0.29, 0.717) is 44.4 Å². The van der Waals surface area contributed by atoms with Crippen molar-refractivity contribution in [1.82, 2.24) is 15.0 Å². The molecule has 4 aromatic rings. The van der Waals surface area contributed by atoms with Crippen molar-refractivity contribution in [2.24, 2.45) is 0 Å². The molecule has 0 unspecified atom stereocenters. The summed E-state index contributed by atoms with van der Waals surface area (Å²) < 4.78 is 0.809. The van der Waals surface area contributed by atoms with Crippen molar-refractivity contribution in [1.29, 1.82) is 5.41 Å². The molecule has 0 aliphatic rings. The normalized spacial score (nSPS) is 10.9. The number of carbonyl (C=O) groups excluding carboxylic acids is 1. The summed E-state index contributed by atoms with van der Waals surface area (Å²) in [5.74, 6) is -0.335. The molecule has 0 aliphatic heterocycles. The molecule has 0 fully saturated rings. The van der Waals surface area contributed by atoms with E-state index < -0.39 is 0 Å². The van der Waals surface area contributed by atoms with Gasteiger partial charge in [-0.15, -0.1) is 22.7 Å². The molecule has 0 aliphatic carbocycles. The van der Waals surface area contributed by atoms with Gasteiger partial charge in [0.05, 0.1) is 33.6 Å². The van der Waals surface area contributed by atoms with E-state index in [1.807, 2.05) is 24.4 Å². The number of hydrogen-bond donors (Lipinski definition) is 3. The second-order valence-corrected chi connectivity index (χ2v) is 9.20. The highest BCUT2D eigenvalue weighted by molar-refractivity contribution is 9.18. The smallest absolute Gasteiger partial charge is 0.258 e. The van der Waals surface area contributed by atoms with Gasteiger partial charge >= 0.3 is 0 Å². The standard InChI is InChI=1S/C19H14BrClN6OS2/c1-9-6-29-13(26-9)5-23-11-3-2-4-12(14(11)17(20)22)27-19(28)10-7-30-16-15(10)24-8-25-18(16)21/h2-4,6-8,22-23H,5H2,1H3,(H,27,28). The van der Waals surface area contributed by atoms with E-state index in [1.54, 1.807) is 22.8 Å². The van der Waals surface area contributed by atoms with Gasteiger partial charge in [0, 0.05) is 22.1 Å². The van der Waals surface area contributed by atoms with Crippen molar-refractivity contribution < 1.29 is 4.79 Å². The Hall–Kier alpha value is -2.40. The third kappa shape index (κ3) is 4.22. The van der Waals surface area contributed by atoms with Gasteiger partial charge in [0.25, 0.3) is 5.91 Å². The molecule has 0 bridgehead atoms. The van der Waals surface area contributed by atoms with Crippen LogP contribution in [0.15, 0.2) is 35.3 Å². The Bertz CT molecular complexity index is 1270. The summed E-state index contributed by atoms with van der Waals surface area (Å²) in [5, 5.41) is 19.3. The number of amides is 1. The first-order valence-corrected chi connectivity index (χ1v) is 11.6. The number of anilines is 2. The number of nitrogens with one attached hydrogen (secondary N) is 3. The second-order valence-electron chi connectivity index (χ2n) is 6.22. The summed E-state index contributed by atoms with van der Waals surface area (Å²) in [6, 6.07) is 5.42. The number of thiophene rings is 1. The number of hydrogen-bond acceptors (Lipinski definition) is 8. The van der Waals surface area contributed by atoms with Crippen LogP contribution in [0.4, 0.5) is 11.4 Å². The Morgan fingerprint density at radius 2 is 2.03 bits per heavy atom. The summed E-state index contributed by atoms with van der Waals surface area (Å²) in [6.07, 6.45) is 1.33. The molecule has 1 aromatic carbocycles. The Morgan fingerprint density at radius 1 is 1.23 bits per heavy atom. The maximum Gasteiger partial charge on any atom is 0.258 e. The van der Waals surface area contributed by atoms with Crippen LogP contribution in [0.1, 0.15) is 26.6 Å². The Labute approximate surface area is 193 Å². The maximum atomic E-state index is 12.9. The van der Waals surface area contributed by atoms with Gasteiger partial charge in [0.1, 0.15) is 21.1 Å². The van der Waals surface area contributed by atoms with E-state index in [9.17, 15) is 4.79 Å². The van der Waals surface area contributed by atoms with Gasteiger partial charge in [-0.1, -0.05) is 17.7 Å². The number of benzene rings is 1. The highest BCUT2D eigenvalue weighted by atomic mass is 79.9. The highest BCUT2D eigenvalue weighted by Gasteiger charge is 2.19. The number of carbonyl (C=O) groups is 1. The van der Waals surface area contributed by atoms with Crippen LogP contribution in [0.5, 0.6) is 0 Å². The summed E-state index contributed by atoms with van der Waals surface area (Å²) in [6.45, 7) is 2.47. The summed E-state index contributed by atoms with van der Waals surface area (Å²) in [4.78, 5) is 25.5. The first kappa shape index (κ1) is 20.9. The van der Waals surface area contributed by atoms with E-state index in [4.69, 9.17) is 17.0 Å². The minimum Gasteiger partial charge on any atom is -0.378 e. The number of halogens is 2. The fourth-order valence-corrected chi connectivity index (χ4v) is 5.15. The topological polar surface area (TPSA) is 104 Å². The third-order valence-electron chi connectivity index (χ3n) is 4.18. The molecule has 4 rings (SSSR count). The van der Waals surface area contributed by atoms with Gasteiger partial charge in [-0.25, -0.2) is 15.0 Å². The van der Waals surface area contributed by atoms with Crippen LogP contribution >= 0.6 is 50.2 Å². The van der Waals surface area contributed by atoms with Gasteiger partial charge in [-0.05, 0) is 35.0 Å². The van der Waals surface area contributed by atoms with Crippen LogP contribution in [-0.2, 0) is 6.54 Å². The van der Waals surface area contributed by atoms with Gasteiger partial charge in [-0.2, -0.15) is 0 Å².